The lowest BCUT2D eigenvalue weighted by atomic mass is 10.1. The summed E-state index contributed by atoms with van der Waals surface area (Å²) in [7, 11) is 0. The first kappa shape index (κ1) is 13.0. The Labute approximate surface area is 120 Å². The van der Waals surface area contributed by atoms with Crippen molar-refractivity contribution in [2.24, 2.45) is 0 Å². The number of carboxylic acid groups (broad SMARTS) is 1. The molecular formula is C15H12N4O2. The second-order valence-corrected chi connectivity index (χ2v) is 4.55. The van der Waals surface area contributed by atoms with Gasteiger partial charge in [0, 0.05) is 11.1 Å². The molecule has 104 valence electrons. The lowest BCUT2D eigenvalue weighted by Crippen LogP contribution is -2.03. The van der Waals surface area contributed by atoms with Gasteiger partial charge in [0.2, 0.25) is 0 Å². The first-order chi connectivity index (χ1) is 10.1. The van der Waals surface area contributed by atoms with Crippen molar-refractivity contribution >= 4 is 28.4 Å². The Bertz CT molecular complexity index is 816. The fourth-order valence-electron chi connectivity index (χ4n) is 2.05. The number of carboxylic acids is 1. The molecule has 0 aliphatic carbocycles. The van der Waals surface area contributed by atoms with E-state index < -0.39 is 5.97 Å². The summed E-state index contributed by atoms with van der Waals surface area (Å²) >= 11 is 0. The zero-order valence-electron chi connectivity index (χ0n) is 11.2. The molecular weight excluding hydrogens is 268 g/mol. The first-order valence-electron chi connectivity index (χ1n) is 6.32. The maximum absolute atomic E-state index is 10.8. The SMILES string of the molecule is Cc1cc(Nc2cnc(C(=O)O)cn2)c2ccccc2n1. The molecule has 3 rings (SSSR count). The van der Waals surface area contributed by atoms with Gasteiger partial charge >= 0.3 is 5.97 Å². The van der Waals surface area contributed by atoms with E-state index >= 15 is 0 Å². The number of pyridine rings is 1. The third-order valence-corrected chi connectivity index (χ3v) is 2.98. The number of aryl methyl sites for hydroxylation is 1. The number of rotatable bonds is 3. The molecule has 0 radical (unpaired) electrons. The predicted molar refractivity (Wildman–Crippen MR) is 78.8 cm³/mol. The van der Waals surface area contributed by atoms with E-state index in [4.69, 9.17) is 5.11 Å². The van der Waals surface area contributed by atoms with E-state index in [0.29, 0.717) is 5.82 Å². The lowest BCUT2D eigenvalue weighted by Gasteiger charge is -2.09. The normalized spacial score (nSPS) is 10.5. The molecule has 6 nitrogen and oxygen atoms in total. The van der Waals surface area contributed by atoms with Crippen LogP contribution >= 0.6 is 0 Å². The van der Waals surface area contributed by atoms with Gasteiger partial charge in [-0.2, -0.15) is 0 Å². The Morgan fingerprint density at radius 3 is 2.71 bits per heavy atom. The molecule has 0 spiro atoms. The number of nitrogens with zero attached hydrogens (tertiary/aromatic N) is 3. The maximum Gasteiger partial charge on any atom is 0.356 e. The minimum Gasteiger partial charge on any atom is -0.476 e. The van der Waals surface area contributed by atoms with E-state index in [-0.39, 0.29) is 5.69 Å². The average molecular weight is 280 g/mol. The van der Waals surface area contributed by atoms with Gasteiger partial charge in [-0.15, -0.1) is 0 Å². The van der Waals surface area contributed by atoms with E-state index in [1.165, 1.54) is 12.4 Å². The molecule has 0 aliphatic heterocycles. The topological polar surface area (TPSA) is 88.0 Å². The van der Waals surface area contributed by atoms with E-state index in [1.54, 1.807) is 0 Å². The average Bonchev–Trinajstić information content (AvgIpc) is 2.47. The Kier molecular flexibility index (Phi) is 3.19. The van der Waals surface area contributed by atoms with Crippen LogP contribution in [0.4, 0.5) is 11.5 Å². The number of fused-ring (bicyclic) bond motifs is 1. The molecule has 0 amide bonds. The molecule has 0 fully saturated rings. The number of aromatic nitrogens is 3. The molecule has 6 heteroatoms. The van der Waals surface area contributed by atoms with Gasteiger partial charge < -0.3 is 10.4 Å². The number of nitrogens with one attached hydrogen (secondary N) is 1. The molecule has 0 bridgehead atoms. The highest BCUT2D eigenvalue weighted by atomic mass is 16.4. The standard InChI is InChI=1S/C15H12N4O2/c1-9-6-12(10-4-2-3-5-11(10)18-9)19-14-8-16-13(7-17-14)15(20)21/h2-8H,1H3,(H,20,21)(H,17,18,19). The highest BCUT2D eigenvalue weighted by molar-refractivity contribution is 5.93. The van der Waals surface area contributed by atoms with Crippen molar-refractivity contribution in [3.63, 3.8) is 0 Å². The van der Waals surface area contributed by atoms with Crippen LogP contribution < -0.4 is 5.32 Å². The van der Waals surface area contributed by atoms with Gasteiger partial charge in [0.1, 0.15) is 5.82 Å². The summed E-state index contributed by atoms with van der Waals surface area (Å²) in [6.07, 6.45) is 2.62. The summed E-state index contributed by atoms with van der Waals surface area (Å²) < 4.78 is 0. The summed E-state index contributed by atoms with van der Waals surface area (Å²) in [6, 6.07) is 9.68. The highest BCUT2D eigenvalue weighted by Gasteiger charge is 2.07. The number of benzene rings is 1. The largest absolute Gasteiger partial charge is 0.476 e. The van der Waals surface area contributed by atoms with Crippen molar-refractivity contribution in [1.82, 2.24) is 15.0 Å². The van der Waals surface area contributed by atoms with Crippen LogP contribution in [0.3, 0.4) is 0 Å². The van der Waals surface area contributed by atoms with Gasteiger partial charge in [-0.1, -0.05) is 18.2 Å². The van der Waals surface area contributed by atoms with Crippen LogP contribution in [0, 0.1) is 6.92 Å². The van der Waals surface area contributed by atoms with Crippen LogP contribution in [-0.4, -0.2) is 26.0 Å². The van der Waals surface area contributed by atoms with Crippen molar-refractivity contribution in [3.05, 3.63) is 54.1 Å². The van der Waals surface area contributed by atoms with Crippen LogP contribution in [0.5, 0.6) is 0 Å². The molecule has 2 heterocycles. The fourth-order valence-corrected chi connectivity index (χ4v) is 2.05. The molecule has 0 atom stereocenters. The van der Waals surface area contributed by atoms with Gasteiger partial charge in [0.25, 0.3) is 0 Å². The molecule has 0 unspecified atom stereocenters. The molecule has 2 N–H and O–H groups in total. The van der Waals surface area contributed by atoms with Gasteiger partial charge in [-0.05, 0) is 19.1 Å². The zero-order chi connectivity index (χ0) is 14.8. The summed E-state index contributed by atoms with van der Waals surface area (Å²) in [5.74, 6) is -0.616. The molecule has 1 aromatic carbocycles. The third-order valence-electron chi connectivity index (χ3n) is 2.98. The van der Waals surface area contributed by atoms with Crippen molar-refractivity contribution < 1.29 is 9.90 Å². The number of hydrogen-bond acceptors (Lipinski definition) is 5. The molecule has 0 aliphatic rings. The molecule has 0 saturated carbocycles. The van der Waals surface area contributed by atoms with E-state index in [0.717, 1.165) is 22.3 Å². The minimum atomic E-state index is -1.10. The highest BCUT2D eigenvalue weighted by Crippen LogP contribution is 2.25. The van der Waals surface area contributed by atoms with Crippen LogP contribution in [0.1, 0.15) is 16.2 Å². The van der Waals surface area contributed by atoms with Crippen molar-refractivity contribution in [1.29, 1.82) is 0 Å². The number of aromatic carboxylic acids is 1. The van der Waals surface area contributed by atoms with Gasteiger partial charge in [0.05, 0.1) is 23.6 Å². The number of para-hydroxylation sites is 1. The number of anilines is 2. The van der Waals surface area contributed by atoms with E-state index in [1.807, 2.05) is 37.3 Å². The minimum absolute atomic E-state index is 0.0867. The lowest BCUT2D eigenvalue weighted by molar-refractivity contribution is 0.0690. The second kappa shape index (κ2) is 5.16. The third kappa shape index (κ3) is 2.64. The van der Waals surface area contributed by atoms with E-state index in [2.05, 4.69) is 20.3 Å². The van der Waals surface area contributed by atoms with Crippen LogP contribution in [0.25, 0.3) is 10.9 Å². The summed E-state index contributed by atoms with van der Waals surface area (Å²) in [6.45, 7) is 1.91. The molecule has 0 saturated heterocycles. The maximum atomic E-state index is 10.8. The van der Waals surface area contributed by atoms with E-state index in [9.17, 15) is 4.79 Å². The second-order valence-electron chi connectivity index (χ2n) is 4.55. The van der Waals surface area contributed by atoms with Gasteiger partial charge in [0.15, 0.2) is 5.69 Å². The monoisotopic (exact) mass is 280 g/mol. The predicted octanol–water partition coefficient (Wildman–Crippen LogP) is 2.78. The fraction of sp³-hybridized carbons (Fsp3) is 0.0667. The molecule has 21 heavy (non-hydrogen) atoms. The Morgan fingerprint density at radius 1 is 1.19 bits per heavy atom. The van der Waals surface area contributed by atoms with Crippen molar-refractivity contribution in [2.45, 2.75) is 6.92 Å². The van der Waals surface area contributed by atoms with Gasteiger partial charge in [-0.3, -0.25) is 4.98 Å². The first-order valence-corrected chi connectivity index (χ1v) is 6.32. The van der Waals surface area contributed by atoms with Crippen LogP contribution in [0.2, 0.25) is 0 Å². The molecule has 3 aromatic rings. The smallest absolute Gasteiger partial charge is 0.356 e. The molecule has 2 aromatic heterocycles. The van der Waals surface area contributed by atoms with Gasteiger partial charge in [-0.25, -0.2) is 14.8 Å². The summed E-state index contributed by atoms with van der Waals surface area (Å²) in [4.78, 5) is 23.1. The Morgan fingerprint density at radius 2 is 2.00 bits per heavy atom. The Hall–Kier alpha value is -3.02. The van der Waals surface area contributed by atoms with Crippen molar-refractivity contribution in [2.75, 3.05) is 5.32 Å². The van der Waals surface area contributed by atoms with Crippen LogP contribution in [0.15, 0.2) is 42.7 Å². The number of carbonyl (C=O) groups is 1. The summed E-state index contributed by atoms with van der Waals surface area (Å²) in [5.41, 5.74) is 2.54. The summed E-state index contributed by atoms with van der Waals surface area (Å²) in [5, 5.41) is 12.9. The van der Waals surface area contributed by atoms with Crippen LogP contribution in [-0.2, 0) is 0 Å². The zero-order valence-corrected chi connectivity index (χ0v) is 11.2. The number of hydrogen-bond donors (Lipinski definition) is 2. The quantitative estimate of drug-likeness (QED) is 0.767. The van der Waals surface area contributed by atoms with Crippen molar-refractivity contribution in [3.8, 4) is 0 Å². The Balaban J connectivity index is 1.99.